The van der Waals surface area contributed by atoms with E-state index in [4.69, 9.17) is 9.47 Å². The van der Waals surface area contributed by atoms with Crippen molar-refractivity contribution in [2.75, 3.05) is 27.4 Å². The van der Waals surface area contributed by atoms with Crippen LogP contribution in [-0.2, 0) is 9.47 Å². The molecule has 0 bridgehead atoms. The number of methoxy groups -OCH3 is 2. The number of hydrogen-bond acceptors (Lipinski definition) is 2. The smallest absolute Gasteiger partial charge is 0.0540 e. The third-order valence-corrected chi connectivity index (χ3v) is 5.64. The summed E-state index contributed by atoms with van der Waals surface area (Å²) in [7, 11) is 3.65. The van der Waals surface area contributed by atoms with Crippen molar-refractivity contribution in [3.63, 3.8) is 0 Å². The first-order valence-corrected chi connectivity index (χ1v) is 9.41. The summed E-state index contributed by atoms with van der Waals surface area (Å²) >= 11 is 0. The zero-order valence-electron chi connectivity index (χ0n) is 16.5. The third-order valence-electron chi connectivity index (χ3n) is 5.64. The second kappa shape index (κ2) is 11.5. The van der Waals surface area contributed by atoms with Crippen LogP contribution in [0.3, 0.4) is 0 Å². The van der Waals surface area contributed by atoms with Crippen LogP contribution in [0.1, 0.15) is 86.0 Å². The van der Waals surface area contributed by atoms with Gasteiger partial charge in [-0.25, -0.2) is 0 Å². The van der Waals surface area contributed by atoms with E-state index in [9.17, 15) is 0 Å². The lowest BCUT2D eigenvalue weighted by Crippen LogP contribution is -2.45. The van der Waals surface area contributed by atoms with Crippen molar-refractivity contribution in [3.8, 4) is 0 Å². The minimum Gasteiger partial charge on any atom is -0.384 e. The Labute approximate surface area is 140 Å². The van der Waals surface area contributed by atoms with Gasteiger partial charge in [-0.1, -0.05) is 73.1 Å². The van der Waals surface area contributed by atoms with Crippen LogP contribution in [0.15, 0.2) is 0 Å². The van der Waals surface area contributed by atoms with E-state index in [1.54, 1.807) is 0 Å². The molecule has 0 aliphatic heterocycles. The fraction of sp³-hybridized carbons (Fsp3) is 1.00. The maximum Gasteiger partial charge on any atom is 0.0540 e. The Morgan fingerprint density at radius 1 is 0.773 bits per heavy atom. The average Bonchev–Trinajstić information content (AvgIpc) is 2.49. The highest BCUT2D eigenvalue weighted by Gasteiger charge is 2.44. The van der Waals surface area contributed by atoms with Crippen LogP contribution in [0, 0.1) is 16.7 Å². The Morgan fingerprint density at radius 3 is 1.73 bits per heavy atom. The highest BCUT2D eigenvalue weighted by atomic mass is 16.5. The minimum absolute atomic E-state index is 0.107. The van der Waals surface area contributed by atoms with E-state index in [1.807, 2.05) is 14.2 Å². The standard InChI is InChI=1S/C20H42O2/c1-8-11-13-14-18(19(4,10-3)15-12-9-2)20(5,16-21-6)17-22-7/h18H,8-17H2,1-7H3. The molecule has 2 heteroatoms. The molecule has 0 radical (unpaired) electrons. The maximum atomic E-state index is 5.61. The molecule has 0 spiro atoms. The molecular weight excluding hydrogens is 272 g/mol. The fourth-order valence-corrected chi connectivity index (χ4v) is 4.22. The zero-order valence-corrected chi connectivity index (χ0v) is 16.5. The normalized spacial score (nSPS) is 16.5. The van der Waals surface area contributed by atoms with Crippen LogP contribution in [-0.4, -0.2) is 27.4 Å². The molecule has 0 aliphatic rings. The number of rotatable bonds is 14. The summed E-state index contributed by atoms with van der Waals surface area (Å²) in [5.74, 6) is 0.656. The molecule has 0 saturated heterocycles. The molecule has 0 aliphatic carbocycles. The largest absolute Gasteiger partial charge is 0.384 e. The summed E-state index contributed by atoms with van der Waals surface area (Å²) in [6, 6.07) is 0. The molecule has 0 N–H and O–H groups in total. The lowest BCUT2D eigenvalue weighted by Gasteiger charge is -2.48. The molecule has 0 saturated carbocycles. The Balaban J connectivity index is 5.34. The molecule has 2 nitrogen and oxygen atoms in total. The van der Waals surface area contributed by atoms with Crippen LogP contribution in [0.2, 0.25) is 0 Å². The minimum atomic E-state index is 0.107. The molecule has 2 atom stereocenters. The SMILES string of the molecule is CCCCCC(C(C)(CC)CCCC)C(C)(COC)COC. The molecule has 2 unspecified atom stereocenters. The molecule has 134 valence electrons. The second-order valence-electron chi connectivity index (χ2n) is 7.68. The summed E-state index contributed by atoms with van der Waals surface area (Å²) in [6.07, 6.45) is 10.4. The highest BCUT2D eigenvalue weighted by Crippen LogP contribution is 2.49. The summed E-state index contributed by atoms with van der Waals surface area (Å²) in [4.78, 5) is 0. The van der Waals surface area contributed by atoms with E-state index in [2.05, 4.69) is 34.6 Å². The Bertz CT molecular complexity index is 258. The van der Waals surface area contributed by atoms with E-state index >= 15 is 0 Å². The van der Waals surface area contributed by atoms with E-state index in [0.29, 0.717) is 11.3 Å². The summed E-state index contributed by atoms with van der Waals surface area (Å²) in [6.45, 7) is 13.4. The quantitative estimate of drug-likeness (QED) is 0.361. The van der Waals surface area contributed by atoms with Crippen molar-refractivity contribution >= 4 is 0 Å². The highest BCUT2D eigenvalue weighted by molar-refractivity contribution is 4.93. The van der Waals surface area contributed by atoms with E-state index in [-0.39, 0.29) is 5.41 Å². The van der Waals surface area contributed by atoms with Crippen LogP contribution < -0.4 is 0 Å². The fourth-order valence-electron chi connectivity index (χ4n) is 4.22. The molecule has 0 aromatic carbocycles. The predicted molar refractivity (Wildman–Crippen MR) is 97.4 cm³/mol. The molecule has 0 heterocycles. The van der Waals surface area contributed by atoms with Crippen LogP contribution in [0.5, 0.6) is 0 Å². The van der Waals surface area contributed by atoms with Gasteiger partial charge < -0.3 is 9.47 Å². The third kappa shape index (κ3) is 6.58. The van der Waals surface area contributed by atoms with Gasteiger partial charge in [-0.05, 0) is 24.2 Å². The Kier molecular flexibility index (Phi) is 11.4. The summed E-state index contributed by atoms with van der Waals surface area (Å²) < 4.78 is 11.2. The van der Waals surface area contributed by atoms with E-state index in [1.165, 1.54) is 51.4 Å². The number of hydrogen-bond donors (Lipinski definition) is 0. The zero-order chi connectivity index (χ0) is 17.1. The van der Waals surface area contributed by atoms with Gasteiger partial charge in [-0.2, -0.15) is 0 Å². The molecule has 0 rings (SSSR count). The molecular formula is C20H42O2. The molecule has 0 fully saturated rings. The Morgan fingerprint density at radius 2 is 1.32 bits per heavy atom. The average molecular weight is 315 g/mol. The molecule has 22 heavy (non-hydrogen) atoms. The van der Waals surface area contributed by atoms with Gasteiger partial charge in [-0.3, -0.25) is 0 Å². The van der Waals surface area contributed by atoms with Crippen molar-refractivity contribution in [3.05, 3.63) is 0 Å². The van der Waals surface area contributed by atoms with Crippen molar-refractivity contribution in [2.45, 2.75) is 86.0 Å². The monoisotopic (exact) mass is 314 g/mol. The van der Waals surface area contributed by atoms with Crippen molar-refractivity contribution in [2.24, 2.45) is 16.7 Å². The van der Waals surface area contributed by atoms with Gasteiger partial charge in [0, 0.05) is 19.6 Å². The van der Waals surface area contributed by atoms with Gasteiger partial charge in [0.25, 0.3) is 0 Å². The van der Waals surface area contributed by atoms with Crippen molar-refractivity contribution in [1.82, 2.24) is 0 Å². The first kappa shape index (κ1) is 21.9. The van der Waals surface area contributed by atoms with Crippen LogP contribution in [0.4, 0.5) is 0 Å². The maximum absolute atomic E-state index is 5.61. The van der Waals surface area contributed by atoms with Gasteiger partial charge in [-0.15, -0.1) is 0 Å². The van der Waals surface area contributed by atoms with Gasteiger partial charge >= 0.3 is 0 Å². The lowest BCUT2D eigenvalue weighted by molar-refractivity contribution is -0.0696. The number of unbranched alkanes of at least 4 members (excludes halogenated alkanes) is 3. The topological polar surface area (TPSA) is 18.5 Å². The van der Waals surface area contributed by atoms with Gasteiger partial charge in [0.15, 0.2) is 0 Å². The van der Waals surface area contributed by atoms with Crippen LogP contribution >= 0.6 is 0 Å². The lowest BCUT2D eigenvalue weighted by atomic mass is 9.59. The molecule has 0 aromatic rings. The Hall–Kier alpha value is -0.0800. The van der Waals surface area contributed by atoms with Crippen LogP contribution in [0.25, 0.3) is 0 Å². The first-order chi connectivity index (χ1) is 10.4. The van der Waals surface area contributed by atoms with E-state index in [0.717, 1.165) is 13.2 Å². The van der Waals surface area contributed by atoms with Gasteiger partial charge in [0.05, 0.1) is 13.2 Å². The second-order valence-corrected chi connectivity index (χ2v) is 7.68. The first-order valence-electron chi connectivity index (χ1n) is 9.41. The molecule has 0 amide bonds. The van der Waals surface area contributed by atoms with Crippen molar-refractivity contribution in [1.29, 1.82) is 0 Å². The van der Waals surface area contributed by atoms with E-state index < -0.39 is 0 Å². The predicted octanol–water partition coefficient (Wildman–Crippen LogP) is 6.09. The summed E-state index contributed by atoms with van der Waals surface area (Å²) in [5.41, 5.74) is 0.491. The van der Waals surface area contributed by atoms with Crippen molar-refractivity contribution < 1.29 is 9.47 Å². The summed E-state index contributed by atoms with van der Waals surface area (Å²) in [5, 5.41) is 0. The van der Waals surface area contributed by atoms with Gasteiger partial charge in [0.2, 0.25) is 0 Å². The molecule has 0 aromatic heterocycles. The van der Waals surface area contributed by atoms with Gasteiger partial charge in [0.1, 0.15) is 0 Å². The number of ether oxygens (including phenoxy) is 2.